The van der Waals surface area contributed by atoms with Crippen molar-refractivity contribution in [2.24, 2.45) is 5.92 Å². The van der Waals surface area contributed by atoms with Crippen LogP contribution in [-0.4, -0.2) is 43.4 Å². The average Bonchev–Trinajstić information content (AvgIpc) is 2.68. The number of benzene rings is 1. The minimum atomic E-state index is -0.226. The number of hydrogen-bond acceptors (Lipinski definition) is 6. The molecule has 1 aliphatic rings. The lowest BCUT2D eigenvalue weighted by molar-refractivity contribution is -0.120. The Labute approximate surface area is 151 Å². The van der Waals surface area contributed by atoms with Gasteiger partial charge in [-0.15, -0.1) is 0 Å². The second kappa shape index (κ2) is 7.90. The van der Waals surface area contributed by atoms with E-state index in [1.807, 2.05) is 0 Å². The normalized spacial score (nSPS) is 14.8. The summed E-state index contributed by atoms with van der Waals surface area (Å²) in [5, 5.41) is 9.13. The van der Waals surface area contributed by atoms with Crippen LogP contribution in [0.15, 0.2) is 35.3 Å². The summed E-state index contributed by atoms with van der Waals surface area (Å²) >= 11 is 0. The number of rotatable bonds is 5. The molecule has 0 unspecified atom stereocenters. The molecule has 8 heteroatoms. The Morgan fingerprint density at radius 2 is 1.92 bits per heavy atom. The number of nitrogens with zero attached hydrogens (tertiary/aromatic N) is 2. The van der Waals surface area contributed by atoms with E-state index in [9.17, 15) is 9.59 Å². The second-order valence-corrected chi connectivity index (χ2v) is 6.12. The molecule has 1 fully saturated rings. The fourth-order valence-electron chi connectivity index (χ4n) is 3.10. The van der Waals surface area contributed by atoms with E-state index in [1.165, 1.54) is 6.07 Å². The number of H-pyrrole nitrogens is 1. The molecule has 3 rings (SSSR count). The summed E-state index contributed by atoms with van der Waals surface area (Å²) in [6, 6.07) is 6.82. The third-order valence-electron chi connectivity index (χ3n) is 4.53. The van der Waals surface area contributed by atoms with Crippen molar-refractivity contribution < 1.29 is 14.3 Å². The Kier molecular flexibility index (Phi) is 5.40. The lowest BCUT2D eigenvalue weighted by atomic mass is 9.95. The number of nitrogens with one attached hydrogen (secondary N) is 2. The molecule has 26 heavy (non-hydrogen) atoms. The Balaban J connectivity index is 1.59. The fourth-order valence-corrected chi connectivity index (χ4v) is 3.10. The van der Waals surface area contributed by atoms with Crippen LogP contribution in [0, 0.1) is 5.92 Å². The number of piperidine rings is 1. The summed E-state index contributed by atoms with van der Waals surface area (Å²) in [5.74, 6) is 1.10. The Morgan fingerprint density at radius 3 is 2.58 bits per heavy atom. The van der Waals surface area contributed by atoms with Gasteiger partial charge < -0.3 is 19.7 Å². The summed E-state index contributed by atoms with van der Waals surface area (Å²) < 4.78 is 10.5. The first-order valence-electron chi connectivity index (χ1n) is 8.43. The maximum atomic E-state index is 12.5. The molecule has 0 radical (unpaired) electrons. The number of carbonyl (C=O) groups excluding carboxylic acids is 1. The molecule has 2 aromatic rings. The number of hydrogen-bond donors (Lipinski definition) is 2. The summed E-state index contributed by atoms with van der Waals surface area (Å²) in [6.07, 6.45) is 3.06. The van der Waals surface area contributed by atoms with Crippen LogP contribution in [0.4, 0.5) is 11.4 Å². The van der Waals surface area contributed by atoms with E-state index in [1.54, 1.807) is 38.6 Å². The maximum Gasteiger partial charge on any atom is 0.266 e. The van der Waals surface area contributed by atoms with E-state index in [2.05, 4.69) is 20.4 Å². The van der Waals surface area contributed by atoms with Gasteiger partial charge in [0.2, 0.25) is 5.91 Å². The molecule has 1 aliphatic heterocycles. The molecule has 0 aliphatic carbocycles. The zero-order chi connectivity index (χ0) is 18.5. The quantitative estimate of drug-likeness (QED) is 0.843. The first kappa shape index (κ1) is 17.8. The molecule has 2 heterocycles. The smallest absolute Gasteiger partial charge is 0.266 e. The summed E-state index contributed by atoms with van der Waals surface area (Å²) in [4.78, 5) is 26.0. The van der Waals surface area contributed by atoms with E-state index < -0.39 is 0 Å². The molecule has 138 valence electrons. The van der Waals surface area contributed by atoms with E-state index >= 15 is 0 Å². The minimum absolute atomic E-state index is 0.0131. The van der Waals surface area contributed by atoms with Gasteiger partial charge in [0.25, 0.3) is 5.56 Å². The van der Waals surface area contributed by atoms with Gasteiger partial charge in [0.05, 0.1) is 26.1 Å². The van der Waals surface area contributed by atoms with Crippen molar-refractivity contribution in [1.82, 2.24) is 10.2 Å². The number of aromatic amines is 1. The van der Waals surface area contributed by atoms with Crippen molar-refractivity contribution in [3.05, 3.63) is 40.8 Å². The molecule has 1 amide bonds. The molecule has 8 nitrogen and oxygen atoms in total. The van der Waals surface area contributed by atoms with E-state index in [0.717, 1.165) is 5.69 Å². The Bertz CT molecular complexity index is 828. The lowest BCUT2D eigenvalue weighted by Crippen LogP contribution is -2.38. The summed E-state index contributed by atoms with van der Waals surface area (Å²) in [7, 11) is 3.13. The molecule has 1 aromatic carbocycles. The second-order valence-electron chi connectivity index (χ2n) is 6.12. The highest BCUT2D eigenvalue weighted by atomic mass is 16.5. The van der Waals surface area contributed by atoms with E-state index in [4.69, 9.17) is 9.47 Å². The highest BCUT2D eigenvalue weighted by molar-refractivity contribution is 5.93. The Morgan fingerprint density at radius 1 is 1.19 bits per heavy atom. The van der Waals surface area contributed by atoms with Crippen LogP contribution >= 0.6 is 0 Å². The van der Waals surface area contributed by atoms with Gasteiger partial charge in [0, 0.05) is 36.8 Å². The fraction of sp³-hybridized carbons (Fsp3) is 0.389. The van der Waals surface area contributed by atoms with Crippen molar-refractivity contribution in [3.63, 3.8) is 0 Å². The van der Waals surface area contributed by atoms with Crippen LogP contribution in [0.25, 0.3) is 0 Å². The zero-order valence-electron chi connectivity index (χ0n) is 14.8. The molecule has 0 saturated carbocycles. The lowest BCUT2D eigenvalue weighted by Gasteiger charge is -2.32. The topological polar surface area (TPSA) is 96.5 Å². The van der Waals surface area contributed by atoms with E-state index in [0.29, 0.717) is 43.1 Å². The van der Waals surface area contributed by atoms with Gasteiger partial charge in [0.1, 0.15) is 0 Å². The standard InChI is InChI=1S/C18H22N4O4/c1-25-15-4-3-13(9-16(15)26-2)20-18(24)12-5-7-22(8-6-12)14-10-17(23)21-19-11-14/h3-4,9-12H,5-8H2,1-2H3,(H,20,24)(H,21,23). The van der Waals surface area contributed by atoms with Crippen LogP contribution in [-0.2, 0) is 4.79 Å². The summed E-state index contributed by atoms with van der Waals surface area (Å²) in [5.41, 5.74) is 1.23. The van der Waals surface area contributed by atoms with Crippen LogP contribution in [0.2, 0.25) is 0 Å². The van der Waals surface area contributed by atoms with Gasteiger partial charge in [-0.2, -0.15) is 5.10 Å². The van der Waals surface area contributed by atoms with Crippen LogP contribution in [0.1, 0.15) is 12.8 Å². The summed E-state index contributed by atoms with van der Waals surface area (Å²) in [6.45, 7) is 1.41. The van der Waals surface area contributed by atoms with Gasteiger partial charge >= 0.3 is 0 Å². The van der Waals surface area contributed by atoms with Crippen molar-refractivity contribution in [2.75, 3.05) is 37.5 Å². The van der Waals surface area contributed by atoms with Gasteiger partial charge in [-0.3, -0.25) is 9.59 Å². The number of anilines is 2. The molecular weight excluding hydrogens is 336 g/mol. The molecule has 0 atom stereocenters. The van der Waals surface area contributed by atoms with Crippen LogP contribution in [0.3, 0.4) is 0 Å². The number of aromatic nitrogens is 2. The predicted molar refractivity (Wildman–Crippen MR) is 98.0 cm³/mol. The van der Waals surface area contributed by atoms with Gasteiger partial charge in [-0.25, -0.2) is 5.10 Å². The van der Waals surface area contributed by atoms with E-state index in [-0.39, 0.29) is 17.4 Å². The number of amides is 1. The molecule has 1 saturated heterocycles. The molecular formula is C18H22N4O4. The number of ether oxygens (including phenoxy) is 2. The van der Waals surface area contributed by atoms with Crippen LogP contribution < -0.4 is 25.2 Å². The number of methoxy groups -OCH3 is 2. The predicted octanol–water partition coefficient (Wildman–Crippen LogP) is 1.64. The third kappa shape index (κ3) is 3.96. The van der Waals surface area contributed by atoms with Crippen molar-refractivity contribution in [3.8, 4) is 11.5 Å². The highest BCUT2D eigenvalue weighted by Gasteiger charge is 2.25. The number of carbonyl (C=O) groups is 1. The Hall–Kier alpha value is -3.03. The highest BCUT2D eigenvalue weighted by Crippen LogP contribution is 2.30. The average molecular weight is 358 g/mol. The molecule has 2 N–H and O–H groups in total. The van der Waals surface area contributed by atoms with Crippen LogP contribution in [0.5, 0.6) is 11.5 Å². The molecule has 0 spiro atoms. The van der Waals surface area contributed by atoms with Crippen molar-refractivity contribution >= 4 is 17.3 Å². The van der Waals surface area contributed by atoms with Gasteiger partial charge in [-0.05, 0) is 25.0 Å². The minimum Gasteiger partial charge on any atom is -0.493 e. The largest absolute Gasteiger partial charge is 0.493 e. The van der Waals surface area contributed by atoms with Gasteiger partial charge in [0.15, 0.2) is 11.5 Å². The monoisotopic (exact) mass is 358 g/mol. The van der Waals surface area contributed by atoms with Crippen molar-refractivity contribution in [2.45, 2.75) is 12.8 Å². The maximum absolute atomic E-state index is 12.5. The molecule has 1 aromatic heterocycles. The van der Waals surface area contributed by atoms with Gasteiger partial charge in [-0.1, -0.05) is 0 Å². The third-order valence-corrected chi connectivity index (χ3v) is 4.53. The SMILES string of the molecule is COc1ccc(NC(=O)C2CCN(c3cn[nH]c(=O)c3)CC2)cc1OC. The molecule has 0 bridgehead atoms. The zero-order valence-corrected chi connectivity index (χ0v) is 14.8. The first-order chi connectivity index (χ1) is 12.6. The first-order valence-corrected chi connectivity index (χ1v) is 8.43. The van der Waals surface area contributed by atoms with Crippen molar-refractivity contribution in [1.29, 1.82) is 0 Å².